The largest absolute Gasteiger partial charge is 0.274 e. The third kappa shape index (κ3) is 4.60. The van der Waals surface area contributed by atoms with Gasteiger partial charge in [-0.1, -0.05) is 53.7 Å². The lowest BCUT2D eigenvalue weighted by atomic mass is 10.1. The van der Waals surface area contributed by atoms with Gasteiger partial charge in [0.05, 0.1) is 11.4 Å². The number of carbonyl (C=O) groups excluding carboxylic acids is 1. The molecule has 0 atom stereocenters. The molecule has 152 valence electrons. The fourth-order valence-corrected chi connectivity index (χ4v) is 4.63. The Labute approximate surface area is 183 Å². The topological polar surface area (TPSA) is 74.8 Å². The third-order valence-corrected chi connectivity index (χ3v) is 6.20. The van der Waals surface area contributed by atoms with Gasteiger partial charge in [-0.05, 0) is 31.5 Å². The Bertz CT molecular complexity index is 1170. The summed E-state index contributed by atoms with van der Waals surface area (Å²) in [6, 6.07) is 16.0. The number of hydrogen-bond acceptors (Lipinski definition) is 6. The Balaban J connectivity index is 1.46. The number of benzene rings is 2. The Morgan fingerprint density at radius 3 is 2.63 bits per heavy atom. The average molecular weight is 436 g/mol. The van der Waals surface area contributed by atoms with E-state index in [-0.39, 0.29) is 5.91 Å². The summed E-state index contributed by atoms with van der Waals surface area (Å²) in [5.41, 5.74) is 5.03. The van der Waals surface area contributed by atoms with E-state index in [1.807, 2.05) is 48.7 Å². The molecule has 0 aliphatic carbocycles. The second kappa shape index (κ2) is 8.81. The monoisotopic (exact) mass is 435 g/mol. The molecule has 1 amide bonds. The van der Waals surface area contributed by atoms with Crippen molar-refractivity contribution >= 4 is 39.8 Å². The minimum Gasteiger partial charge on any atom is -0.274 e. The molecule has 6 nitrogen and oxygen atoms in total. The summed E-state index contributed by atoms with van der Waals surface area (Å²) in [6.45, 7) is 5.62. The van der Waals surface area contributed by atoms with Crippen LogP contribution in [0.3, 0.4) is 0 Å². The maximum Gasteiger partial charge on any atom is 0.230 e. The predicted molar refractivity (Wildman–Crippen MR) is 122 cm³/mol. The van der Waals surface area contributed by atoms with Gasteiger partial charge in [0.1, 0.15) is 0 Å². The molecule has 0 saturated carbocycles. The van der Waals surface area contributed by atoms with Crippen LogP contribution in [0.2, 0.25) is 0 Å². The highest BCUT2D eigenvalue weighted by atomic mass is 32.2. The molecule has 0 fully saturated rings. The molecule has 8 heteroatoms. The molecule has 0 saturated heterocycles. The summed E-state index contributed by atoms with van der Waals surface area (Å²) in [6.07, 6.45) is 0. The number of nitrogens with zero attached hydrogens (tertiary/aromatic N) is 4. The van der Waals surface area contributed by atoms with E-state index in [4.69, 9.17) is 0 Å². The van der Waals surface area contributed by atoms with E-state index in [2.05, 4.69) is 39.2 Å². The first-order valence-corrected chi connectivity index (χ1v) is 11.3. The number of nitrogens with one attached hydrogen (secondary N) is 1. The quantitative estimate of drug-likeness (QED) is 0.404. The smallest absolute Gasteiger partial charge is 0.230 e. The van der Waals surface area contributed by atoms with E-state index in [1.54, 1.807) is 11.8 Å². The lowest BCUT2D eigenvalue weighted by Gasteiger charge is -2.18. The van der Waals surface area contributed by atoms with E-state index in [9.17, 15) is 4.79 Å². The van der Waals surface area contributed by atoms with Crippen molar-refractivity contribution in [2.24, 2.45) is 0 Å². The van der Waals surface area contributed by atoms with Gasteiger partial charge in [0.25, 0.3) is 0 Å². The molecule has 2 aromatic carbocycles. The molecule has 1 N–H and O–H groups in total. The highest BCUT2D eigenvalue weighted by Crippen LogP contribution is 2.31. The number of thiazole rings is 1. The van der Waals surface area contributed by atoms with Crippen LogP contribution in [0.4, 0.5) is 10.8 Å². The number of thioether (sulfide) groups is 1. The fourth-order valence-electron chi connectivity index (χ4n) is 2.95. The molecule has 4 rings (SSSR count). The van der Waals surface area contributed by atoms with Gasteiger partial charge in [-0.2, -0.15) is 0 Å². The zero-order valence-electron chi connectivity index (χ0n) is 16.9. The van der Waals surface area contributed by atoms with Crippen molar-refractivity contribution in [3.8, 4) is 11.4 Å². The van der Waals surface area contributed by atoms with Gasteiger partial charge >= 0.3 is 0 Å². The molecule has 4 aromatic rings. The van der Waals surface area contributed by atoms with Crippen LogP contribution in [0.5, 0.6) is 0 Å². The van der Waals surface area contributed by atoms with Crippen molar-refractivity contribution in [2.45, 2.75) is 31.7 Å². The van der Waals surface area contributed by atoms with E-state index < -0.39 is 0 Å². The molecular weight excluding hydrogens is 414 g/mol. The molecule has 0 bridgehead atoms. The number of aryl methyl sites for hydroxylation is 2. The van der Waals surface area contributed by atoms with E-state index in [1.165, 1.54) is 28.7 Å². The Morgan fingerprint density at radius 1 is 1.10 bits per heavy atom. The summed E-state index contributed by atoms with van der Waals surface area (Å²) in [4.78, 5) is 23.1. The van der Waals surface area contributed by atoms with Gasteiger partial charge in [-0.3, -0.25) is 14.8 Å². The van der Waals surface area contributed by atoms with Crippen LogP contribution in [0.1, 0.15) is 23.7 Å². The van der Waals surface area contributed by atoms with Gasteiger partial charge in [0, 0.05) is 23.6 Å². The molecular formula is C22H21N5OS2. The van der Waals surface area contributed by atoms with Crippen molar-refractivity contribution in [2.75, 3.05) is 4.90 Å². The van der Waals surface area contributed by atoms with Gasteiger partial charge in [0.2, 0.25) is 11.1 Å². The number of rotatable bonds is 6. The van der Waals surface area contributed by atoms with E-state index in [0.717, 1.165) is 28.3 Å². The second-order valence-electron chi connectivity index (χ2n) is 6.94. The lowest BCUT2D eigenvalue weighted by molar-refractivity contribution is -0.115. The number of H-pyrrole nitrogens is 1. The zero-order chi connectivity index (χ0) is 21.1. The molecule has 2 aromatic heterocycles. The van der Waals surface area contributed by atoms with Crippen molar-refractivity contribution < 1.29 is 4.79 Å². The summed E-state index contributed by atoms with van der Waals surface area (Å²) >= 11 is 2.97. The van der Waals surface area contributed by atoms with Crippen molar-refractivity contribution in [3.63, 3.8) is 0 Å². The first kappa shape index (κ1) is 20.3. The Kier molecular flexibility index (Phi) is 5.96. The number of amides is 1. The first-order chi connectivity index (χ1) is 14.5. The lowest BCUT2D eigenvalue weighted by Crippen LogP contribution is -2.22. The standard InChI is InChI=1S/C22H21N5OS2/c1-14-7-9-17(10-8-14)20-24-21(26-25-20)29-12-18-13-30-22(23-18)27(16(3)28)19-6-4-5-15(2)11-19/h4-11,13H,12H2,1-3H3,(H,24,25,26). The van der Waals surface area contributed by atoms with Crippen molar-refractivity contribution in [1.82, 2.24) is 20.2 Å². The van der Waals surface area contributed by atoms with Crippen molar-refractivity contribution in [3.05, 3.63) is 70.7 Å². The fraction of sp³-hybridized carbons (Fsp3) is 0.182. The van der Waals surface area contributed by atoms with E-state index in [0.29, 0.717) is 16.0 Å². The molecule has 0 unspecified atom stereocenters. The zero-order valence-corrected chi connectivity index (χ0v) is 18.5. The SMILES string of the molecule is CC(=O)N(c1cccc(C)c1)c1nc(CSc2n[nH]c(-c3ccc(C)cc3)n2)cs1. The van der Waals surface area contributed by atoms with Crippen LogP contribution in [-0.4, -0.2) is 26.1 Å². The van der Waals surface area contributed by atoms with E-state index >= 15 is 0 Å². The first-order valence-electron chi connectivity index (χ1n) is 9.43. The summed E-state index contributed by atoms with van der Waals surface area (Å²) in [5, 5.41) is 10.6. The Morgan fingerprint density at radius 2 is 1.90 bits per heavy atom. The normalized spacial score (nSPS) is 10.9. The number of aromatic nitrogens is 4. The van der Waals surface area contributed by atoms with Crippen LogP contribution in [0.15, 0.2) is 59.1 Å². The summed E-state index contributed by atoms with van der Waals surface area (Å²) in [5.74, 6) is 1.31. The number of anilines is 2. The van der Waals surface area contributed by atoms with Crippen LogP contribution in [-0.2, 0) is 10.5 Å². The highest BCUT2D eigenvalue weighted by Gasteiger charge is 2.18. The second-order valence-corrected chi connectivity index (χ2v) is 8.72. The average Bonchev–Trinajstić information content (AvgIpc) is 3.37. The minimum atomic E-state index is -0.0640. The summed E-state index contributed by atoms with van der Waals surface area (Å²) in [7, 11) is 0. The van der Waals surface area contributed by atoms with Crippen LogP contribution in [0, 0.1) is 13.8 Å². The maximum atomic E-state index is 12.3. The van der Waals surface area contributed by atoms with Crippen LogP contribution >= 0.6 is 23.1 Å². The molecule has 0 spiro atoms. The van der Waals surface area contributed by atoms with Crippen LogP contribution < -0.4 is 4.90 Å². The summed E-state index contributed by atoms with van der Waals surface area (Å²) < 4.78 is 0. The van der Waals surface area contributed by atoms with Crippen molar-refractivity contribution in [1.29, 1.82) is 0 Å². The number of aromatic amines is 1. The number of hydrogen-bond donors (Lipinski definition) is 1. The highest BCUT2D eigenvalue weighted by molar-refractivity contribution is 7.98. The molecule has 0 radical (unpaired) electrons. The van der Waals surface area contributed by atoms with Crippen LogP contribution in [0.25, 0.3) is 11.4 Å². The van der Waals surface area contributed by atoms with Gasteiger partial charge < -0.3 is 0 Å². The van der Waals surface area contributed by atoms with Gasteiger partial charge in [0.15, 0.2) is 11.0 Å². The molecule has 2 heterocycles. The predicted octanol–water partition coefficient (Wildman–Crippen LogP) is 5.52. The minimum absolute atomic E-state index is 0.0640. The molecule has 30 heavy (non-hydrogen) atoms. The maximum absolute atomic E-state index is 12.3. The molecule has 0 aliphatic rings. The van der Waals surface area contributed by atoms with Gasteiger partial charge in [-0.15, -0.1) is 16.4 Å². The van der Waals surface area contributed by atoms with Gasteiger partial charge in [-0.25, -0.2) is 9.97 Å². The Hall–Kier alpha value is -2.97. The third-order valence-electron chi connectivity index (χ3n) is 4.44. The molecule has 0 aliphatic heterocycles. The number of carbonyl (C=O) groups is 1.